The number of pyridine rings is 1. The van der Waals surface area contributed by atoms with E-state index in [1.165, 1.54) is 12.3 Å². The number of carbonyl (C=O) groups excluding carboxylic acids is 1. The molecule has 2 aromatic rings. The van der Waals surface area contributed by atoms with Gasteiger partial charge in [-0.2, -0.15) is 0 Å². The summed E-state index contributed by atoms with van der Waals surface area (Å²) in [5.74, 6) is -0.910. The highest BCUT2D eigenvalue weighted by Gasteiger charge is 2.18. The molecule has 27 heavy (non-hydrogen) atoms. The quantitative estimate of drug-likeness (QED) is 0.838. The molecule has 1 aliphatic rings. The Labute approximate surface area is 163 Å². The van der Waals surface area contributed by atoms with Crippen LogP contribution in [0.4, 0.5) is 10.1 Å². The third kappa shape index (κ3) is 4.83. The fourth-order valence-electron chi connectivity index (χ4n) is 3.25. The molecule has 5 nitrogen and oxygen atoms in total. The van der Waals surface area contributed by atoms with Crippen LogP contribution < -0.4 is 10.6 Å². The number of rotatable bonds is 4. The van der Waals surface area contributed by atoms with E-state index in [2.05, 4.69) is 27.4 Å². The fourth-order valence-corrected chi connectivity index (χ4v) is 3.49. The van der Waals surface area contributed by atoms with E-state index in [1.54, 1.807) is 13.0 Å². The summed E-state index contributed by atoms with van der Waals surface area (Å²) in [6.45, 7) is 9.33. The van der Waals surface area contributed by atoms with Gasteiger partial charge in [0.2, 0.25) is 0 Å². The predicted molar refractivity (Wildman–Crippen MR) is 106 cm³/mol. The number of carbonyl (C=O) groups is 1. The Kier molecular flexibility index (Phi) is 6.09. The van der Waals surface area contributed by atoms with Crippen molar-refractivity contribution in [1.82, 2.24) is 15.2 Å². The van der Waals surface area contributed by atoms with Gasteiger partial charge in [-0.3, -0.25) is 14.7 Å². The first-order valence-electron chi connectivity index (χ1n) is 9.01. The van der Waals surface area contributed by atoms with Crippen molar-refractivity contribution >= 4 is 23.2 Å². The zero-order valence-corrected chi connectivity index (χ0v) is 16.5. The molecule has 0 spiro atoms. The van der Waals surface area contributed by atoms with Crippen LogP contribution in [0.1, 0.15) is 34.1 Å². The van der Waals surface area contributed by atoms with Crippen LogP contribution in [-0.4, -0.2) is 41.5 Å². The number of benzene rings is 1. The maximum atomic E-state index is 13.7. The molecule has 1 saturated heterocycles. The lowest BCUT2D eigenvalue weighted by atomic mass is 10.0. The minimum Gasteiger partial charge on any atom is -0.322 e. The Morgan fingerprint density at radius 2 is 2.19 bits per heavy atom. The van der Waals surface area contributed by atoms with Crippen molar-refractivity contribution in [3.05, 3.63) is 57.6 Å². The maximum absolute atomic E-state index is 13.7. The highest BCUT2D eigenvalue weighted by atomic mass is 35.5. The minimum absolute atomic E-state index is 0.176. The average molecular weight is 391 g/mol. The summed E-state index contributed by atoms with van der Waals surface area (Å²) in [5.41, 5.74) is 3.10. The Balaban J connectivity index is 1.80. The van der Waals surface area contributed by atoms with Crippen molar-refractivity contribution in [2.75, 3.05) is 25.0 Å². The summed E-state index contributed by atoms with van der Waals surface area (Å²) in [6, 6.07) is 5.30. The van der Waals surface area contributed by atoms with Crippen LogP contribution in [0.3, 0.4) is 0 Å². The standard InChI is InChI=1S/C20H24ClFN4O/c1-12-10-26(5-4-23-12)11-16-6-17(21)8-19(13(16)2)25-20(27)15-7-18(22)14(3)24-9-15/h6-9,12,23H,4-5,10-11H2,1-3H3,(H,25,27)/t12-/m1/s1. The number of hydrogen-bond donors (Lipinski definition) is 2. The number of piperazine rings is 1. The van der Waals surface area contributed by atoms with Gasteiger partial charge in [0, 0.05) is 49.1 Å². The molecule has 1 aromatic heterocycles. The monoisotopic (exact) mass is 390 g/mol. The third-order valence-electron chi connectivity index (χ3n) is 4.86. The van der Waals surface area contributed by atoms with Crippen LogP contribution in [0.2, 0.25) is 5.02 Å². The summed E-state index contributed by atoms with van der Waals surface area (Å²) < 4.78 is 13.7. The predicted octanol–water partition coefficient (Wildman–Crippen LogP) is 3.54. The number of nitrogens with one attached hydrogen (secondary N) is 2. The molecule has 0 bridgehead atoms. The van der Waals surface area contributed by atoms with Crippen molar-refractivity contribution < 1.29 is 9.18 Å². The molecule has 0 saturated carbocycles. The lowest BCUT2D eigenvalue weighted by Crippen LogP contribution is -2.48. The molecule has 1 atom stereocenters. The lowest BCUT2D eigenvalue weighted by Gasteiger charge is -2.32. The summed E-state index contributed by atoms with van der Waals surface area (Å²) >= 11 is 6.29. The maximum Gasteiger partial charge on any atom is 0.257 e. The van der Waals surface area contributed by atoms with Crippen molar-refractivity contribution in [3.8, 4) is 0 Å². The number of halogens is 2. The molecule has 1 fully saturated rings. The second kappa shape index (κ2) is 8.33. The summed E-state index contributed by atoms with van der Waals surface area (Å²) in [6.07, 6.45) is 1.37. The molecule has 0 unspecified atom stereocenters. The van der Waals surface area contributed by atoms with Gasteiger partial charge in [-0.05, 0) is 50.1 Å². The highest BCUT2D eigenvalue weighted by Crippen LogP contribution is 2.27. The minimum atomic E-state index is -0.501. The van der Waals surface area contributed by atoms with Gasteiger partial charge in [0.15, 0.2) is 0 Å². The van der Waals surface area contributed by atoms with E-state index in [-0.39, 0.29) is 11.3 Å². The zero-order chi connectivity index (χ0) is 19.6. The first-order valence-corrected chi connectivity index (χ1v) is 9.39. The lowest BCUT2D eigenvalue weighted by molar-refractivity contribution is 0.102. The van der Waals surface area contributed by atoms with Crippen LogP contribution in [0, 0.1) is 19.7 Å². The van der Waals surface area contributed by atoms with E-state index in [0.29, 0.717) is 16.8 Å². The average Bonchev–Trinajstić information content (AvgIpc) is 2.61. The van der Waals surface area contributed by atoms with E-state index < -0.39 is 11.7 Å². The second-order valence-corrected chi connectivity index (χ2v) is 7.51. The highest BCUT2D eigenvalue weighted by molar-refractivity contribution is 6.31. The van der Waals surface area contributed by atoms with E-state index in [4.69, 9.17) is 11.6 Å². The molecule has 144 valence electrons. The molecule has 1 amide bonds. The zero-order valence-electron chi connectivity index (χ0n) is 15.8. The number of nitrogens with zero attached hydrogens (tertiary/aromatic N) is 2. The van der Waals surface area contributed by atoms with Gasteiger partial charge in [0.05, 0.1) is 11.3 Å². The molecule has 3 rings (SSSR count). The number of aromatic nitrogens is 1. The Hall–Kier alpha value is -2.02. The molecular formula is C20H24ClFN4O. The molecule has 1 aromatic carbocycles. The fraction of sp³-hybridized carbons (Fsp3) is 0.400. The summed E-state index contributed by atoms with van der Waals surface area (Å²) in [5, 5.41) is 6.82. The van der Waals surface area contributed by atoms with Gasteiger partial charge in [0.1, 0.15) is 5.82 Å². The van der Waals surface area contributed by atoms with Gasteiger partial charge in [-0.25, -0.2) is 4.39 Å². The van der Waals surface area contributed by atoms with Gasteiger partial charge in [-0.1, -0.05) is 11.6 Å². The first kappa shape index (κ1) is 19.7. The molecule has 2 heterocycles. The SMILES string of the molecule is Cc1ncc(C(=O)Nc2cc(Cl)cc(CN3CCN[C@H](C)C3)c2C)cc1F. The summed E-state index contributed by atoms with van der Waals surface area (Å²) in [4.78, 5) is 18.8. The van der Waals surface area contributed by atoms with Crippen LogP contribution in [0.5, 0.6) is 0 Å². The van der Waals surface area contributed by atoms with Crippen molar-refractivity contribution in [1.29, 1.82) is 0 Å². The molecule has 2 N–H and O–H groups in total. The van der Waals surface area contributed by atoms with Crippen LogP contribution in [-0.2, 0) is 6.54 Å². The second-order valence-electron chi connectivity index (χ2n) is 7.07. The van der Waals surface area contributed by atoms with E-state index in [1.807, 2.05) is 13.0 Å². The smallest absolute Gasteiger partial charge is 0.257 e. The number of amides is 1. The normalized spacial score (nSPS) is 17.7. The van der Waals surface area contributed by atoms with Gasteiger partial charge in [-0.15, -0.1) is 0 Å². The topological polar surface area (TPSA) is 57.3 Å². The number of hydrogen-bond acceptors (Lipinski definition) is 4. The molecular weight excluding hydrogens is 367 g/mol. The summed E-state index contributed by atoms with van der Waals surface area (Å²) in [7, 11) is 0. The largest absolute Gasteiger partial charge is 0.322 e. The molecule has 0 radical (unpaired) electrons. The van der Waals surface area contributed by atoms with Crippen LogP contribution in [0.25, 0.3) is 0 Å². The number of aryl methyl sites for hydroxylation is 1. The van der Waals surface area contributed by atoms with Gasteiger partial charge in [0.25, 0.3) is 5.91 Å². The molecule has 0 aliphatic carbocycles. The third-order valence-corrected chi connectivity index (χ3v) is 5.08. The van der Waals surface area contributed by atoms with E-state index in [0.717, 1.165) is 37.3 Å². The van der Waals surface area contributed by atoms with Gasteiger partial charge >= 0.3 is 0 Å². The molecule has 1 aliphatic heterocycles. The van der Waals surface area contributed by atoms with E-state index in [9.17, 15) is 9.18 Å². The Morgan fingerprint density at radius 3 is 2.89 bits per heavy atom. The van der Waals surface area contributed by atoms with Crippen molar-refractivity contribution in [3.63, 3.8) is 0 Å². The Bertz CT molecular complexity index is 858. The van der Waals surface area contributed by atoms with Crippen molar-refractivity contribution in [2.24, 2.45) is 0 Å². The van der Waals surface area contributed by atoms with Gasteiger partial charge < -0.3 is 10.6 Å². The van der Waals surface area contributed by atoms with Crippen molar-refractivity contribution in [2.45, 2.75) is 33.4 Å². The molecule has 7 heteroatoms. The van der Waals surface area contributed by atoms with E-state index >= 15 is 0 Å². The van der Waals surface area contributed by atoms with Crippen LogP contribution >= 0.6 is 11.6 Å². The number of anilines is 1. The Morgan fingerprint density at radius 1 is 1.41 bits per heavy atom. The van der Waals surface area contributed by atoms with Crippen LogP contribution in [0.15, 0.2) is 24.4 Å². The first-order chi connectivity index (χ1) is 12.8.